The molecular formula is C15H21NS2. The molecule has 0 amide bonds. The van der Waals surface area contributed by atoms with Gasteiger partial charge in [0.05, 0.1) is 5.56 Å². The van der Waals surface area contributed by atoms with E-state index in [4.69, 9.17) is 0 Å². The molecule has 0 aliphatic carbocycles. The molecule has 1 nitrogen and oxygen atoms in total. The number of benzene rings is 1. The van der Waals surface area contributed by atoms with Crippen LogP contribution in [0.15, 0.2) is 28.0 Å². The first-order valence-electron chi connectivity index (χ1n) is 6.03. The molecule has 0 spiro atoms. The van der Waals surface area contributed by atoms with Crippen molar-refractivity contribution < 1.29 is 0 Å². The van der Waals surface area contributed by atoms with E-state index in [1.54, 1.807) is 23.5 Å². The molecule has 1 aromatic rings. The molecule has 0 fully saturated rings. The third-order valence-corrected chi connectivity index (χ3v) is 4.28. The van der Waals surface area contributed by atoms with Gasteiger partial charge in [0.1, 0.15) is 6.07 Å². The van der Waals surface area contributed by atoms with Crippen molar-refractivity contribution >= 4 is 23.5 Å². The number of nitrogens with zero attached hydrogens (tertiary/aromatic N) is 1. The van der Waals surface area contributed by atoms with Crippen molar-refractivity contribution in [2.45, 2.75) is 60.8 Å². The van der Waals surface area contributed by atoms with Gasteiger partial charge in [-0.3, -0.25) is 0 Å². The zero-order valence-corrected chi connectivity index (χ0v) is 13.6. The molecule has 1 rings (SSSR count). The van der Waals surface area contributed by atoms with Gasteiger partial charge in [0.2, 0.25) is 0 Å². The summed E-state index contributed by atoms with van der Waals surface area (Å²) in [7, 11) is 0. The first-order chi connectivity index (χ1) is 8.12. The van der Waals surface area contributed by atoms with Crippen molar-refractivity contribution in [3.63, 3.8) is 0 Å². The van der Waals surface area contributed by atoms with Gasteiger partial charge in [-0.1, -0.05) is 47.6 Å². The number of rotatable bonds is 2. The smallest absolute Gasteiger partial charge is 0.101 e. The van der Waals surface area contributed by atoms with Gasteiger partial charge in [-0.05, 0) is 12.1 Å². The molecule has 0 saturated carbocycles. The first-order valence-corrected chi connectivity index (χ1v) is 7.67. The van der Waals surface area contributed by atoms with Crippen molar-refractivity contribution in [3.05, 3.63) is 23.8 Å². The highest BCUT2D eigenvalue weighted by Gasteiger charge is 2.20. The molecule has 18 heavy (non-hydrogen) atoms. The van der Waals surface area contributed by atoms with Crippen LogP contribution in [0.4, 0.5) is 0 Å². The lowest BCUT2D eigenvalue weighted by Crippen LogP contribution is -2.09. The summed E-state index contributed by atoms with van der Waals surface area (Å²) >= 11 is 3.51. The molecule has 0 saturated heterocycles. The van der Waals surface area contributed by atoms with Crippen LogP contribution in [0.1, 0.15) is 47.1 Å². The predicted octanol–water partition coefficient (Wildman–Crippen LogP) is 5.34. The maximum Gasteiger partial charge on any atom is 0.101 e. The minimum atomic E-state index is 0.122. The summed E-state index contributed by atoms with van der Waals surface area (Å²) in [5.74, 6) is 0. The number of hydrogen-bond donors (Lipinski definition) is 0. The zero-order chi connectivity index (χ0) is 14.0. The summed E-state index contributed by atoms with van der Waals surface area (Å²) in [4.78, 5) is 2.17. The van der Waals surface area contributed by atoms with Crippen molar-refractivity contribution in [1.29, 1.82) is 5.26 Å². The summed E-state index contributed by atoms with van der Waals surface area (Å²) in [6.45, 7) is 13.0. The molecule has 0 aliphatic rings. The third-order valence-electron chi connectivity index (χ3n) is 1.93. The Morgan fingerprint density at radius 1 is 0.889 bits per heavy atom. The van der Waals surface area contributed by atoms with Gasteiger partial charge in [0.15, 0.2) is 0 Å². The lowest BCUT2D eigenvalue weighted by Gasteiger charge is -2.22. The van der Waals surface area contributed by atoms with E-state index in [1.807, 2.05) is 18.2 Å². The van der Waals surface area contributed by atoms with Crippen LogP contribution in [0.3, 0.4) is 0 Å². The van der Waals surface area contributed by atoms with Crippen LogP contribution in [-0.4, -0.2) is 9.49 Å². The van der Waals surface area contributed by atoms with E-state index < -0.39 is 0 Å². The average molecular weight is 279 g/mol. The summed E-state index contributed by atoms with van der Waals surface area (Å²) in [6.07, 6.45) is 0. The van der Waals surface area contributed by atoms with Crippen LogP contribution in [0.2, 0.25) is 0 Å². The molecule has 0 atom stereocenters. The summed E-state index contributed by atoms with van der Waals surface area (Å²) < 4.78 is 0.243. The van der Waals surface area contributed by atoms with Gasteiger partial charge in [0, 0.05) is 19.3 Å². The molecule has 0 heterocycles. The minimum absolute atomic E-state index is 0.122. The van der Waals surface area contributed by atoms with Gasteiger partial charge < -0.3 is 0 Å². The standard InChI is InChI=1S/C15H21NS2/c1-14(2,3)17-12-8-7-9-13(11(12)10-16)18-15(4,5)6/h7-9H,1-6H3. The quantitative estimate of drug-likeness (QED) is 0.683. The van der Waals surface area contributed by atoms with Crippen molar-refractivity contribution in [2.75, 3.05) is 0 Å². The minimum Gasteiger partial charge on any atom is -0.192 e. The molecule has 98 valence electrons. The Morgan fingerprint density at radius 2 is 1.28 bits per heavy atom. The van der Waals surface area contributed by atoms with E-state index in [1.165, 1.54) is 0 Å². The van der Waals surface area contributed by atoms with Crippen LogP contribution in [-0.2, 0) is 0 Å². The first kappa shape index (κ1) is 15.5. The number of nitriles is 1. The van der Waals surface area contributed by atoms with Crippen molar-refractivity contribution in [1.82, 2.24) is 0 Å². The number of thioether (sulfide) groups is 2. The molecular weight excluding hydrogens is 258 g/mol. The Balaban J connectivity index is 3.16. The van der Waals surface area contributed by atoms with Crippen LogP contribution in [0.25, 0.3) is 0 Å². The van der Waals surface area contributed by atoms with Gasteiger partial charge in [-0.25, -0.2) is 0 Å². The molecule has 0 bridgehead atoms. The van der Waals surface area contributed by atoms with Crippen LogP contribution >= 0.6 is 23.5 Å². The molecule has 0 radical (unpaired) electrons. The lowest BCUT2D eigenvalue weighted by atomic mass is 10.2. The van der Waals surface area contributed by atoms with E-state index in [9.17, 15) is 5.26 Å². The van der Waals surface area contributed by atoms with Crippen molar-refractivity contribution in [3.8, 4) is 6.07 Å². The highest BCUT2D eigenvalue weighted by molar-refractivity contribution is 8.01. The Morgan fingerprint density at radius 3 is 1.56 bits per heavy atom. The molecule has 1 aromatic carbocycles. The van der Waals surface area contributed by atoms with Crippen molar-refractivity contribution in [2.24, 2.45) is 0 Å². The van der Waals surface area contributed by atoms with Crippen LogP contribution in [0.5, 0.6) is 0 Å². The predicted molar refractivity (Wildman–Crippen MR) is 82.4 cm³/mol. The Hall–Kier alpha value is -0.590. The monoisotopic (exact) mass is 279 g/mol. The highest BCUT2D eigenvalue weighted by atomic mass is 32.2. The van der Waals surface area contributed by atoms with Gasteiger partial charge in [-0.2, -0.15) is 5.26 Å². The van der Waals surface area contributed by atoms with Gasteiger partial charge >= 0.3 is 0 Å². The van der Waals surface area contributed by atoms with E-state index in [0.29, 0.717) is 0 Å². The normalized spacial score (nSPS) is 12.3. The molecule has 0 unspecified atom stereocenters. The Bertz CT molecular complexity index is 425. The maximum absolute atomic E-state index is 9.42. The molecule has 3 heteroatoms. The number of hydrogen-bond acceptors (Lipinski definition) is 3. The van der Waals surface area contributed by atoms with Crippen LogP contribution in [0, 0.1) is 11.3 Å². The average Bonchev–Trinajstić information content (AvgIpc) is 2.12. The molecule has 0 aliphatic heterocycles. The second kappa shape index (κ2) is 5.59. The SMILES string of the molecule is CC(C)(C)Sc1cccc(SC(C)(C)C)c1C#N. The van der Waals surface area contributed by atoms with E-state index >= 15 is 0 Å². The lowest BCUT2D eigenvalue weighted by molar-refractivity contribution is 0.800. The van der Waals surface area contributed by atoms with E-state index in [0.717, 1.165) is 15.4 Å². The topological polar surface area (TPSA) is 23.8 Å². The highest BCUT2D eigenvalue weighted by Crippen LogP contribution is 2.40. The van der Waals surface area contributed by atoms with Gasteiger partial charge in [-0.15, -0.1) is 23.5 Å². The molecule has 0 aromatic heterocycles. The second-order valence-corrected chi connectivity index (χ2v) is 9.91. The fraction of sp³-hybridized carbons (Fsp3) is 0.533. The largest absolute Gasteiger partial charge is 0.192 e. The Labute approximate surface area is 119 Å². The van der Waals surface area contributed by atoms with E-state index in [2.05, 4.69) is 47.6 Å². The van der Waals surface area contributed by atoms with Crippen LogP contribution < -0.4 is 0 Å². The van der Waals surface area contributed by atoms with Gasteiger partial charge in [0.25, 0.3) is 0 Å². The summed E-state index contributed by atoms with van der Waals surface area (Å²) in [6, 6.07) is 8.50. The zero-order valence-electron chi connectivity index (χ0n) is 12.0. The summed E-state index contributed by atoms with van der Waals surface area (Å²) in [5, 5.41) is 9.42. The summed E-state index contributed by atoms with van der Waals surface area (Å²) in [5.41, 5.74) is 0.817. The second-order valence-electron chi connectivity index (χ2n) is 6.17. The van der Waals surface area contributed by atoms with E-state index in [-0.39, 0.29) is 9.49 Å². The third kappa shape index (κ3) is 4.96. The molecule has 0 N–H and O–H groups in total. The fourth-order valence-electron chi connectivity index (χ4n) is 1.45. The maximum atomic E-state index is 9.42. The fourth-order valence-corrected chi connectivity index (χ4v) is 3.64. The Kier molecular flexibility index (Phi) is 4.80.